The Hall–Kier alpha value is -4.89. The first kappa shape index (κ1) is 21.6. The van der Waals surface area contributed by atoms with Crippen molar-refractivity contribution in [1.82, 2.24) is 44.9 Å². The van der Waals surface area contributed by atoms with Crippen molar-refractivity contribution in [3.63, 3.8) is 0 Å². The van der Waals surface area contributed by atoms with Crippen molar-refractivity contribution >= 4 is 33.8 Å². The zero-order chi connectivity index (χ0) is 24.6. The number of nitriles is 1. The highest BCUT2D eigenvalue weighted by Gasteiger charge is 2.20. The van der Waals surface area contributed by atoms with E-state index < -0.39 is 0 Å². The predicted molar refractivity (Wildman–Crippen MR) is 133 cm³/mol. The molecular weight excluding hydrogens is 458 g/mol. The summed E-state index contributed by atoms with van der Waals surface area (Å²) in [6.45, 7) is 3.08. The molecule has 6 heterocycles. The Kier molecular flexibility index (Phi) is 5.24. The largest absolute Gasteiger partial charge is 0.335 e. The number of pyridine rings is 3. The second-order valence-electron chi connectivity index (χ2n) is 8.66. The fourth-order valence-corrected chi connectivity index (χ4v) is 4.25. The molecule has 3 N–H and O–H groups in total. The van der Waals surface area contributed by atoms with E-state index in [2.05, 4.69) is 51.4 Å². The number of aromatic nitrogens is 7. The molecule has 178 valence electrons. The van der Waals surface area contributed by atoms with Crippen LogP contribution in [0.1, 0.15) is 5.56 Å². The zero-order valence-corrected chi connectivity index (χ0v) is 19.4. The van der Waals surface area contributed by atoms with Gasteiger partial charge in [0.25, 0.3) is 0 Å². The summed E-state index contributed by atoms with van der Waals surface area (Å²) in [6, 6.07) is 5.79. The molecule has 0 saturated carbocycles. The molecule has 0 spiro atoms. The van der Waals surface area contributed by atoms with E-state index in [0.717, 1.165) is 29.6 Å². The molecule has 36 heavy (non-hydrogen) atoms. The zero-order valence-electron chi connectivity index (χ0n) is 19.4. The molecule has 0 radical (unpaired) electrons. The SMILES string of the molecule is CN1CCN(C(=O)Nc2cncc(-c3cnc4[nH]nc(-c5nc6c(C#N)cncc6[nH]5)c4c3)c2)CC1. The smallest absolute Gasteiger partial charge is 0.321 e. The van der Waals surface area contributed by atoms with Gasteiger partial charge < -0.3 is 20.1 Å². The lowest BCUT2D eigenvalue weighted by Gasteiger charge is -2.32. The van der Waals surface area contributed by atoms with Crippen molar-refractivity contribution < 1.29 is 4.79 Å². The number of aromatic amines is 2. The number of urea groups is 1. The fraction of sp³-hybridized carbons (Fsp3) is 0.208. The molecule has 0 aliphatic carbocycles. The third-order valence-electron chi connectivity index (χ3n) is 6.27. The lowest BCUT2D eigenvalue weighted by Crippen LogP contribution is -2.48. The van der Waals surface area contributed by atoms with Gasteiger partial charge in [-0.2, -0.15) is 10.4 Å². The first-order valence-electron chi connectivity index (χ1n) is 11.4. The highest BCUT2D eigenvalue weighted by Crippen LogP contribution is 2.30. The van der Waals surface area contributed by atoms with Crippen molar-refractivity contribution in [3.05, 3.63) is 48.7 Å². The number of rotatable bonds is 3. The second kappa shape index (κ2) is 8.71. The van der Waals surface area contributed by atoms with Crippen molar-refractivity contribution in [3.8, 4) is 28.7 Å². The topological polar surface area (TPSA) is 155 Å². The van der Waals surface area contributed by atoms with E-state index in [-0.39, 0.29) is 6.03 Å². The molecule has 6 rings (SSSR count). The van der Waals surface area contributed by atoms with Crippen molar-refractivity contribution in [1.29, 1.82) is 5.26 Å². The van der Waals surface area contributed by atoms with Crippen LogP contribution >= 0.6 is 0 Å². The molecule has 1 aliphatic heterocycles. The third kappa shape index (κ3) is 3.87. The molecule has 0 unspecified atom stereocenters. The van der Waals surface area contributed by atoms with Crippen LogP contribution in [0.4, 0.5) is 10.5 Å². The normalized spacial score (nSPS) is 14.3. The number of likely N-dealkylation sites (N-methyl/N-ethyl adjacent to an activating group) is 1. The predicted octanol–water partition coefficient (Wildman–Crippen LogP) is 2.61. The maximum atomic E-state index is 12.7. The summed E-state index contributed by atoms with van der Waals surface area (Å²) in [6.07, 6.45) is 8.18. The van der Waals surface area contributed by atoms with Gasteiger partial charge in [-0.05, 0) is 19.2 Å². The molecule has 0 atom stereocenters. The fourth-order valence-electron chi connectivity index (χ4n) is 4.25. The van der Waals surface area contributed by atoms with Gasteiger partial charge in [0.1, 0.15) is 17.3 Å². The molecule has 2 amide bonds. The second-order valence-corrected chi connectivity index (χ2v) is 8.66. The van der Waals surface area contributed by atoms with Crippen LogP contribution in [0.25, 0.3) is 44.7 Å². The highest BCUT2D eigenvalue weighted by molar-refractivity contribution is 5.94. The summed E-state index contributed by atoms with van der Waals surface area (Å²) >= 11 is 0. The Morgan fingerprint density at radius 2 is 1.86 bits per heavy atom. The number of amides is 2. The average Bonchev–Trinajstić information content (AvgIpc) is 3.52. The number of nitrogens with one attached hydrogen (secondary N) is 3. The van der Waals surface area contributed by atoms with Crippen molar-refractivity contribution in [2.24, 2.45) is 0 Å². The molecule has 1 saturated heterocycles. The van der Waals surface area contributed by atoms with E-state index in [1.807, 2.05) is 19.2 Å². The molecule has 0 bridgehead atoms. The summed E-state index contributed by atoms with van der Waals surface area (Å²) < 4.78 is 0. The summed E-state index contributed by atoms with van der Waals surface area (Å²) in [5.74, 6) is 0.506. The molecule has 1 fully saturated rings. The maximum absolute atomic E-state index is 12.7. The van der Waals surface area contributed by atoms with Crippen LogP contribution in [0, 0.1) is 11.3 Å². The van der Waals surface area contributed by atoms with Crippen LogP contribution in [0.3, 0.4) is 0 Å². The van der Waals surface area contributed by atoms with Crippen molar-refractivity contribution in [2.75, 3.05) is 38.5 Å². The number of nitrogens with zero attached hydrogens (tertiary/aromatic N) is 8. The minimum absolute atomic E-state index is 0.135. The van der Waals surface area contributed by atoms with Gasteiger partial charge in [-0.25, -0.2) is 14.8 Å². The average molecular weight is 480 g/mol. The lowest BCUT2D eigenvalue weighted by atomic mass is 10.1. The van der Waals surface area contributed by atoms with Crippen LogP contribution in [0.5, 0.6) is 0 Å². The Morgan fingerprint density at radius 1 is 1.06 bits per heavy atom. The van der Waals surface area contributed by atoms with Crippen molar-refractivity contribution in [2.45, 2.75) is 0 Å². The van der Waals surface area contributed by atoms with E-state index in [0.29, 0.717) is 52.5 Å². The molecule has 5 aromatic rings. The Labute approximate surface area is 205 Å². The number of carbonyl (C=O) groups is 1. The van der Waals surface area contributed by atoms with E-state index in [9.17, 15) is 10.1 Å². The number of H-pyrrole nitrogens is 2. The third-order valence-corrected chi connectivity index (χ3v) is 6.27. The quantitative estimate of drug-likeness (QED) is 0.357. The summed E-state index contributed by atoms with van der Waals surface area (Å²) in [5, 5.41) is 20.4. The van der Waals surface area contributed by atoms with E-state index in [1.54, 1.807) is 29.7 Å². The Morgan fingerprint density at radius 3 is 2.69 bits per heavy atom. The standard InChI is InChI=1S/C24H21N11O/c1-34-2-4-35(5-3-34)24(36)29-17-6-14(9-26-12-17)15-7-18-21(32-33-22(18)28-11-15)23-30-19-13-27-10-16(8-25)20(19)31-23/h6-7,9-13H,2-5H2,1H3,(H,29,36)(H,30,31)(H,28,32,33). The molecule has 12 nitrogen and oxygen atoms in total. The number of fused-ring (bicyclic) bond motifs is 2. The van der Waals surface area contributed by atoms with Gasteiger partial charge in [-0.3, -0.25) is 15.1 Å². The first-order valence-corrected chi connectivity index (χ1v) is 11.4. The van der Waals surface area contributed by atoms with Crippen LogP contribution in [-0.2, 0) is 0 Å². The van der Waals surface area contributed by atoms with Gasteiger partial charge in [0, 0.05) is 55.9 Å². The highest BCUT2D eigenvalue weighted by atomic mass is 16.2. The molecule has 0 aromatic carbocycles. The van der Waals surface area contributed by atoms with Gasteiger partial charge in [0.05, 0.1) is 34.5 Å². The monoisotopic (exact) mass is 479 g/mol. The van der Waals surface area contributed by atoms with Crippen LogP contribution in [-0.4, -0.2) is 84.2 Å². The Bertz CT molecular complexity index is 1640. The number of piperazine rings is 1. The minimum Gasteiger partial charge on any atom is -0.335 e. The maximum Gasteiger partial charge on any atom is 0.321 e. The summed E-state index contributed by atoms with van der Waals surface area (Å²) in [7, 11) is 2.05. The number of hydrogen-bond acceptors (Lipinski definition) is 8. The minimum atomic E-state index is -0.135. The van der Waals surface area contributed by atoms with Gasteiger partial charge in [-0.15, -0.1) is 0 Å². The number of carbonyl (C=O) groups excluding carboxylic acids is 1. The van der Waals surface area contributed by atoms with Gasteiger partial charge >= 0.3 is 6.03 Å². The van der Waals surface area contributed by atoms with Gasteiger partial charge in [0.15, 0.2) is 11.5 Å². The van der Waals surface area contributed by atoms with E-state index in [1.165, 1.54) is 6.20 Å². The molecule has 5 aromatic heterocycles. The van der Waals surface area contributed by atoms with Gasteiger partial charge in [-0.1, -0.05) is 0 Å². The summed E-state index contributed by atoms with van der Waals surface area (Å²) in [5.41, 5.74) is 4.96. The number of anilines is 1. The first-order chi connectivity index (χ1) is 17.6. The Balaban J connectivity index is 1.31. The summed E-state index contributed by atoms with van der Waals surface area (Å²) in [4.78, 5) is 37.4. The lowest BCUT2D eigenvalue weighted by molar-refractivity contribution is 0.164. The molecule has 1 aliphatic rings. The van der Waals surface area contributed by atoms with Gasteiger partial charge in [0.2, 0.25) is 0 Å². The van der Waals surface area contributed by atoms with Crippen LogP contribution < -0.4 is 5.32 Å². The molecular formula is C24H21N11O. The number of hydrogen-bond donors (Lipinski definition) is 3. The molecule has 12 heteroatoms. The van der Waals surface area contributed by atoms with E-state index in [4.69, 9.17) is 0 Å². The van der Waals surface area contributed by atoms with E-state index >= 15 is 0 Å². The number of imidazole rings is 1. The van der Waals surface area contributed by atoms with Crippen LogP contribution in [0.2, 0.25) is 0 Å². The van der Waals surface area contributed by atoms with Crippen LogP contribution in [0.15, 0.2) is 43.1 Å².